The van der Waals surface area contributed by atoms with Gasteiger partial charge < -0.3 is 48.9 Å². The molecule has 3 aromatic carbocycles. The number of amides is 3. The van der Waals surface area contributed by atoms with Crippen LogP contribution in [0, 0.1) is 6.42 Å². The lowest BCUT2D eigenvalue weighted by Crippen LogP contribution is -2.27. The number of fused-ring (bicyclic) bond motifs is 3. The van der Waals surface area contributed by atoms with Crippen LogP contribution in [0.2, 0.25) is 0 Å². The van der Waals surface area contributed by atoms with Crippen molar-refractivity contribution in [1.29, 1.82) is 0 Å². The number of ether oxygens (including phenoxy) is 6. The number of sulfone groups is 1. The van der Waals surface area contributed by atoms with Crippen LogP contribution in [0.4, 0.5) is 13.2 Å². The Kier molecular flexibility index (Phi) is 26.7. The van der Waals surface area contributed by atoms with E-state index in [1.165, 1.54) is 0 Å². The highest BCUT2D eigenvalue weighted by Crippen LogP contribution is 2.32. The Balaban J connectivity index is 1.27. The first-order chi connectivity index (χ1) is 34.9. The number of aromatic nitrogens is 1. The van der Waals surface area contributed by atoms with Crippen LogP contribution in [0.15, 0.2) is 75.8 Å². The van der Waals surface area contributed by atoms with E-state index in [4.69, 9.17) is 39.5 Å². The zero-order chi connectivity index (χ0) is 51.9. The highest BCUT2D eigenvalue weighted by Gasteiger charge is 2.30. The first-order valence-electron chi connectivity index (χ1n) is 23.4. The summed E-state index contributed by atoms with van der Waals surface area (Å²) in [5, 5.41) is 17.2. The fourth-order valence-corrected chi connectivity index (χ4v) is 8.21. The van der Waals surface area contributed by atoms with E-state index in [0.717, 1.165) is 46.1 Å². The van der Waals surface area contributed by atoms with Gasteiger partial charge in [-0.3, -0.25) is 14.4 Å². The van der Waals surface area contributed by atoms with Gasteiger partial charge in [0.25, 0.3) is 11.8 Å². The molecule has 0 atom stereocenters. The maximum atomic E-state index is 13.3. The van der Waals surface area contributed by atoms with E-state index < -0.39 is 21.6 Å². The molecule has 0 saturated carbocycles. The van der Waals surface area contributed by atoms with Crippen molar-refractivity contribution in [2.24, 2.45) is 10.2 Å². The van der Waals surface area contributed by atoms with E-state index >= 15 is 0 Å². The van der Waals surface area contributed by atoms with Gasteiger partial charge in [0.2, 0.25) is 5.91 Å². The lowest BCUT2D eigenvalue weighted by molar-refractivity contribution is -0.137. The Labute approximate surface area is 415 Å². The van der Waals surface area contributed by atoms with Crippen molar-refractivity contribution < 1.29 is 64.4 Å². The number of unbranched alkanes of at least 4 members (excludes halogenated alkanes) is 3. The average molecular weight is 1030 g/mol. The van der Waals surface area contributed by atoms with Gasteiger partial charge in [0, 0.05) is 88.4 Å². The van der Waals surface area contributed by atoms with Crippen molar-refractivity contribution in [1.82, 2.24) is 20.5 Å². The molecule has 3 N–H and O–H groups in total. The fourth-order valence-electron chi connectivity index (χ4n) is 6.99. The van der Waals surface area contributed by atoms with Gasteiger partial charge in [-0.25, -0.2) is 8.42 Å². The van der Waals surface area contributed by atoms with Gasteiger partial charge >= 0.3 is 6.18 Å². The fraction of sp³-hybridized carbons (Fsp3) is 0.532. The number of nitrogens with zero attached hydrogens (tertiary/aromatic N) is 7. The molecule has 0 saturated heterocycles. The smallest absolute Gasteiger partial charge is 0.379 e. The Morgan fingerprint density at radius 3 is 1.56 bits per heavy atom. The van der Waals surface area contributed by atoms with E-state index in [2.05, 4.69) is 36.0 Å². The minimum absolute atomic E-state index is 0.185. The van der Waals surface area contributed by atoms with E-state index in [1.807, 2.05) is 16.7 Å². The summed E-state index contributed by atoms with van der Waals surface area (Å²) < 4.78 is 98.4. The molecule has 3 amide bonds. The predicted octanol–water partition coefficient (Wildman–Crippen LogP) is 6.74. The Morgan fingerprint density at radius 2 is 1.08 bits per heavy atom. The van der Waals surface area contributed by atoms with Gasteiger partial charge in [-0.05, 0) is 85.3 Å². The standard InChI is InChI=1S/C47H62F3N10O11S/c48-47(49,50)38-9-11-39(12-10-38)72(64,65)33-4-2-1-3-6-44(61)53-15-5-20-60-42-34-36(45(62)54-16-21-66-25-29-70-31-27-68-23-18-56-58-51)7-13-40(42)41-14-8-37(35-43(41)60)46(63)55-17-22-67-26-30-71-32-28-69-24-19-57-59-52/h4,7-14,34-35H,1-3,5-6,15-33H2,(H,53,61)(H,54,62)(H,55,63). The molecule has 0 fully saturated rings. The highest BCUT2D eigenvalue weighted by atomic mass is 32.2. The van der Waals surface area contributed by atoms with Crippen molar-refractivity contribution in [2.75, 3.05) is 118 Å². The molecule has 0 aliphatic carbocycles. The number of halogens is 3. The van der Waals surface area contributed by atoms with E-state index in [1.54, 1.807) is 30.7 Å². The number of rotatable bonds is 38. The maximum Gasteiger partial charge on any atom is 0.416 e. The summed E-state index contributed by atoms with van der Waals surface area (Å²) in [7, 11) is -3.81. The van der Waals surface area contributed by atoms with Crippen molar-refractivity contribution in [3.05, 3.63) is 105 Å². The molecule has 4 rings (SSSR count). The van der Waals surface area contributed by atoms with Gasteiger partial charge in [-0.1, -0.05) is 28.8 Å². The molecule has 0 aliphatic heterocycles. The van der Waals surface area contributed by atoms with Crippen LogP contribution in [-0.2, 0) is 55.8 Å². The molecule has 0 unspecified atom stereocenters. The number of nitrogens with one attached hydrogen (secondary N) is 3. The number of benzene rings is 3. The monoisotopic (exact) mass is 1030 g/mol. The normalized spacial score (nSPS) is 11.6. The zero-order valence-corrected chi connectivity index (χ0v) is 40.8. The highest BCUT2D eigenvalue weighted by molar-refractivity contribution is 7.91. The summed E-state index contributed by atoms with van der Waals surface area (Å²) in [4.78, 5) is 44.5. The Hall–Kier alpha value is -6.01. The molecule has 0 aliphatic rings. The van der Waals surface area contributed by atoms with Gasteiger partial charge in [-0.15, -0.1) is 0 Å². The zero-order valence-electron chi connectivity index (χ0n) is 40.0. The van der Waals surface area contributed by atoms with Crippen molar-refractivity contribution >= 4 is 49.4 Å². The number of azide groups is 2. The predicted molar refractivity (Wildman–Crippen MR) is 261 cm³/mol. The molecule has 1 radical (unpaired) electrons. The largest absolute Gasteiger partial charge is 0.416 e. The van der Waals surface area contributed by atoms with E-state index in [-0.39, 0.29) is 74.2 Å². The summed E-state index contributed by atoms with van der Waals surface area (Å²) in [6.07, 6.45) is -0.891. The SMILES string of the molecule is [N-]=[N+]=NCCOCCOCCOCCNC(=O)c1ccc2c3ccc(C(=O)NCCOCCOCCOCCN=[N+]=[N-])cc3n(CCCNC(=O)CCCC[CH]CS(=O)(=O)c3ccc(C(F)(F)F)cc3)c2c1. The molecule has 0 bridgehead atoms. The van der Waals surface area contributed by atoms with Gasteiger partial charge in [0.1, 0.15) is 0 Å². The first kappa shape index (κ1) is 58.6. The molecular weight excluding hydrogens is 970 g/mol. The third kappa shape index (κ3) is 21.4. The summed E-state index contributed by atoms with van der Waals surface area (Å²) >= 11 is 0. The summed E-state index contributed by atoms with van der Waals surface area (Å²) in [6.45, 7) is 5.64. The van der Waals surface area contributed by atoms with Crippen LogP contribution in [0.25, 0.3) is 42.7 Å². The van der Waals surface area contributed by atoms with Crippen LogP contribution in [0.1, 0.15) is 58.4 Å². The Bertz CT molecular complexity index is 2410. The van der Waals surface area contributed by atoms with Crippen molar-refractivity contribution in [3.8, 4) is 0 Å². The lowest BCUT2D eigenvalue weighted by atomic mass is 10.1. The first-order valence-corrected chi connectivity index (χ1v) is 25.1. The van der Waals surface area contributed by atoms with Crippen molar-refractivity contribution in [2.45, 2.75) is 49.7 Å². The minimum atomic E-state index is -4.57. The van der Waals surface area contributed by atoms with Crippen LogP contribution in [0.3, 0.4) is 0 Å². The van der Waals surface area contributed by atoms with E-state index in [0.29, 0.717) is 116 Å². The summed E-state index contributed by atoms with van der Waals surface area (Å²) in [6, 6.07) is 14.1. The number of alkyl halides is 3. The Morgan fingerprint density at radius 1 is 0.611 bits per heavy atom. The topological polar surface area (TPSA) is 279 Å². The van der Waals surface area contributed by atoms with Crippen LogP contribution in [-0.4, -0.2) is 148 Å². The third-order valence-electron chi connectivity index (χ3n) is 10.6. The number of hydrogen-bond acceptors (Lipinski definition) is 13. The molecule has 21 nitrogen and oxygen atoms in total. The second-order valence-electron chi connectivity index (χ2n) is 15.8. The second kappa shape index (κ2) is 32.9. The van der Waals surface area contributed by atoms with Gasteiger partial charge in [0.15, 0.2) is 9.84 Å². The number of carbonyl (C=O) groups excluding carboxylic acids is 3. The second-order valence-corrected chi connectivity index (χ2v) is 17.8. The summed E-state index contributed by atoms with van der Waals surface area (Å²) in [5.74, 6) is -1.14. The van der Waals surface area contributed by atoms with Gasteiger partial charge in [0.05, 0.1) is 95.5 Å². The molecule has 0 spiro atoms. The number of aryl methyl sites for hydroxylation is 1. The number of hydrogen-bond donors (Lipinski definition) is 3. The lowest BCUT2D eigenvalue weighted by Gasteiger charge is -2.11. The molecule has 393 valence electrons. The quantitative estimate of drug-likeness (QED) is 0.0183. The molecular formula is C47H62F3N10O11S. The molecule has 1 aromatic heterocycles. The van der Waals surface area contributed by atoms with Crippen LogP contribution in [0.5, 0.6) is 0 Å². The van der Waals surface area contributed by atoms with Gasteiger partial charge in [-0.2, -0.15) is 13.2 Å². The molecule has 1 heterocycles. The third-order valence-corrected chi connectivity index (χ3v) is 12.2. The molecule has 25 heteroatoms. The summed E-state index contributed by atoms with van der Waals surface area (Å²) in [5.41, 5.74) is 18.0. The van der Waals surface area contributed by atoms with Crippen LogP contribution < -0.4 is 16.0 Å². The molecule has 72 heavy (non-hydrogen) atoms. The number of carbonyl (C=O) groups is 3. The minimum Gasteiger partial charge on any atom is -0.379 e. The molecule has 4 aromatic rings. The average Bonchev–Trinajstić information content (AvgIpc) is 3.68. The maximum absolute atomic E-state index is 13.3. The van der Waals surface area contributed by atoms with Crippen LogP contribution >= 0.6 is 0 Å². The van der Waals surface area contributed by atoms with Crippen molar-refractivity contribution in [3.63, 3.8) is 0 Å². The van der Waals surface area contributed by atoms with E-state index in [9.17, 15) is 36.0 Å².